The van der Waals surface area contributed by atoms with Gasteiger partial charge in [0.25, 0.3) is 0 Å². The molecule has 0 radical (unpaired) electrons. The third-order valence-electron chi connectivity index (χ3n) is 1.73. The van der Waals surface area contributed by atoms with Crippen LogP contribution in [0.1, 0.15) is 0 Å². The molecule has 0 amide bonds. The van der Waals surface area contributed by atoms with Crippen molar-refractivity contribution >= 4 is 39.3 Å². The Balaban J connectivity index is 2.43. The lowest BCUT2D eigenvalue weighted by Crippen LogP contribution is -2.17. The average Bonchev–Trinajstić information content (AvgIpc) is 2.26. The van der Waals surface area contributed by atoms with Crippen molar-refractivity contribution in [2.45, 2.75) is 9.72 Å². The van der Waals surface area contributed by atoms with Gasteiger partial charge < -0.3 is 10.5 Å². The predicted octanol–water partition coefficient (Wildman–Crippen LogP) is 2.30. The van der Waals surface area contributed by atoms with Gasteiger partial charge in [-0.3, -0.25) is 4.79 Å². The van der Waals surface area contributed by atoms with Crippen molar-refractivity contribution in [1.29, 1.82) is 0 Å². The van der Waals surface area contributed by atoms with E-state index >= 15 is 0 Å². The summed E-state index contributed by atoms with van der Waals surface area (Å²) >= 11 is 4.83. The van der Waals surface area contributed by atoms with Crippen LogP contribution in [-0.4, -0.2) is 23.7 Å². The van der Waals surface area contributed by atoms with Gasteiger partial charge in [0, 0.05) is 16.3 Å². The highest BCUT2D eigenvalue weighted by molar-refractivity contribution is 9.10. The molecule has 15 heavy (non-hydrogen) atoms. The van der Waals surface area contributed by atoms with Crippen LogP contribution in [0.15, 0.2) is 29.2 Å². The van der Waals surface area contributed by atoms with Crippen molar-refractivity contribution in [2.75, 3.05) is 18.6 Å². The van der Waals surface area contributed by atoms with Gasteiger partial charge in [0.15, 0.2) is 0 Å². The number of anilines is 1. The van der Waals surface area contributed by atoms with Gasteiger partial charge in [0.05, 0.1) is 7.11 Å². The number of hydrogen-bond acceptors (Lipinski definition) is 4. The van der Waals surface area contributed by atoms with E-state index in [1.54, 1.807) is 11.8 Å². The average molecular weight is 290 g/mol. The maximum Gasteiger partial charge on any atom is 0.320 e. The molecule has 1 atom stereocenters. The van der Waals surface area contributed by atoms with E-state index in [0.717, 1.165) is 10.6 Å². The summed E-state index contributed by atoms with van der Waals surface area (Å²) < 4.78 is 4.60. The van der Waals surface area contributed by atoms with Crippen molar-refractivity contribution in [2.24, 2.45) is 0 Å². The smallest absolute Gasteiger partial charge is 0.320 e. The fraction of sp³-hybridized carbons (Fsp3) is 0.300. The first-order valence-electron chi connectivity index (χ1n) is 4.33. The summed E-state index contributed by atoms with van der Waals surface area (Å²) in [5, 5.41) is 0. The molecule has 0 saturated carbocycles. The molecule has 0 saturated heterocycles. The van der Waals surface area contributed by atoms with Gasteiger partial charge in [-0.2, -0.15) is 0 Å². The summed E-state index contributed by atoms with van der Waals surface area (Å²) in [5.74, 6) is 0.384. The molecule has 0 heterocycles. The molecule has 82 valence electrons. The van der Waals surface area contributed by atoms with Crippen molar-refractivity contribution in [3.63, 3.8) is 0 Å². The van der Waals surface area contributed by atoms with Gasteiger partial charge in [-0.25, -0.2) is 0 Å². The number of nitrogen functional groups attached to an aromatic ring is 1. The van der Waals surface area contributed by atoms with E-state index in [9.17, 15) is 4.79 Å². The zero-order valence-electron chi connectivity index (χ0n) is 8.27. The first-order valence-corrected chi connectivity index (χ1v) is 6.24. The van der Waals surface area contributed by atoms with E-state index in [2.05, 4.69) is 20.7 Å². The quantitative estimate of drug-likeness (QED) is 0.400. The van der Waals surface area contributed by atoms with Crippen molar-refractivity contribution in [1.82, 2.24) is 0 Å². The van der Waals surface area contributed by atoms with Crippen molar-refractivity contribution < 1.29 is 9.53 Å². The molecular weight excluding hydrogens is 278 g/mol. The minimum absolute atomic E-state index is 0.252. The number of ether oxygens (including phenoxy) is 1. The Hall–Kier alpha value is -0.680. The molecule has 0 bridgehead atoms. The minimum Gasteiger partial charge on any atom is -0.468 e. The highest BCUT2D eigenvalue weighted by atomic mass is 79.9. The van der Waals surface area contributed by atoms with E-state index in [0.29, 0.717) is 5.75 Å². The highest BCUT2D eigenvalue weighted by Crippen LogP contribution is 2.22. The van der Waals surface area contributed by atoms with Crippen LogP contribution >= 0.6 is 27.7 Å². The second-order valence-electron chi connectivity index (χ2n) is 2.87. The number of hydrogen-bond donors (Lipinski definition) is 1. The molecule has 2 N–H and O–H groups in total. The number of esters is 1. The van der Waals surface area contributed by atoms with Crippen LogP contribution in [0.2, 0.25) is 0 Å². The SMILES string of the molecule is COC(=O)C(Br)CSc1ccc(N)cc1. The van der Waals surface area contributed by atoms with Gasteiger partial charge in [-0.1, -0.05) is 15.9 Å². The van der Waals surface area contributed by atoms with Gasteiger partial charge in [-0.05, 0) is 24.3 Å². The predicted molar refractivity (Wildman–Crippen MR) is 66.3 cm³/mol. The van der Waals surface area contributed by atoms with Crippen LogP contribution in [0.5, 0.6) is 0 Å². The normalized spacial score (nSPS) is 12.1. The zero-order chi connectivity index (χ0) is 11.3. The second-order valence-corrected chi connectivity index (χ2v) is 5.07. The van der Waals surface area contributed by atoms with Crippen LogP contribution in [0.25, 0.3) is 0 Å². The maximum absolute atomic E-state index is 11.1. The summed E-state index contributed by atoms with van der Waals surface area (Å²) in [4.78, 5) is 11.9. The molecule has 0 spiro atoms. The largest absolute Gasteiger partial charge is 0.468 e. The number of thioether (sulfide) groups is 1. The standard InChI is InChI=1S/C10H12BrNO2S/c1-14-10(13)9(11)6-15-8-4-2-7(12)3-5-8/h2-5,9H,6,12H2,1H3. The number of benzene rings is 1. The van der Waals surface area contributed by atoms with E-state index in [-0.39, 0.29) is 10.8 Å². The van der Waals surface area contributed by atoms with E-state index in [1.807, 2.05) is 24.3 Å². The maximum atomic E-state index is 11.1. The van der Waals surface area contributed by atoms with Crippen LogP contribution in [0.4, 0.5) is 5.69 Å². The van der Waals surface area contributed by atoms with Crippen LogP contribution in [-0.2, 0) is 9.53 Å². The summed E-state index contributed by atoms with van der Waals surface area (Å²) in [7, 11) is 1.38. The lowest BCUT2D eigenvalue weighted by molar-refractivity contribution is -0.139. The Kier molecular flexibility index (Phi) is 4.98. The molecule has 1 aromatic rings. The minimum atomic E-state index is -0.273. The van der Waals surface area contributed by atoms with Gasteiger partial charge in [-0.15, -0.1) is 11.8 Å². The number of carbonyl (C=O) groups excluding carboxylic acids is 1. The summed E-state index contributed by atoms with van der Waals surface area (Å²) in [5.41, 5.74) is 6.30. The van der Waals surface area contributed by atoms with Gasteiger partial charge >= 0.3 is 5.97 Å². The first-order chi connectivity index (χ1) is 7.13. The van der Waals surface area contributed by atoms with Crippen molar-refractivity contribution in [3.05, 3.63) is 24.3 Å². The molecule has 3 nitrogen and oxygen atoms in total. The third-order valence-corrected chi connectivity index (χ3v) is 3.97. The number of nitrogens with two attached hydrogens (primary N) is 1. The number of halogens is 1. The molecule has 1 unspecified atom stereocenters. The molecular formula is C10H12BrNO2S. The van der Waals surface area contributed by atoms with E-state index in [1.165, 1.54) is 7.11 Å². The lowest BCUT2D eigenvalue weighted by Gasteiger charge is -2.06. The molecule has 0 aliphatic carbocycles. The Morgan fingerprint density at radius 1 is 1.53 bits per heavy atom. The summed E-state index contributed by atoms with van der Waals surface area (Å²) in [6.07, 6.45) is 0. The zero-order valence-corrected chi connectivity index (χ0v) is 10.7. The topological polar surface area (TPSA) is 52.3 Å². The third kappa shape index (κ3) is 4.13. The first kappa shape index (κ1) is 12.4. The molecule has 1 aromatic carbocycles. The molecule has 0 aromatic heterocycles. The van der Waals surface area contributed by atoms with E-state index < -0.39 is 0 Å². The highest BCUT2D eigenvalue weighted by Gasteiger charge is 2.14. The van der Waals surface area contributed by atoms with Gasteiger partial charge in [0.2, 0.25) is 0 Å². The molecule has 1 rings (SSSR count). The van der Waals surface area contributed by atoms with Crippen LogP contribution < -0.4 is 5.73 Å². The molecule has 0 aliphatic heterocycles. The van der Waals surface area contributed by atoms with Crippen molar-refractivity contribution in [3.8, 4) is 0 Å². The lowest BCUT2D eigenvalue weighted by atomic mass is 10.3. The van der Waals surface area contributed by atoms with E-state index in [4.69, 9.17) is 5.73 Å². The summed E-state index contributed by atoms with van der Waals surface area (Å²) in [6.45, 7) is 0. The fourth-order valence-electron chi connectivity index (χ4n) is 0.929. The number of methoxy groups -OCH3 is 1. The monoisotopic (exact) mass is 289 g/mol. The Labute approximate surface area is 101 Å². The molecule has 5 heteroatoms. The Morgan fingerprint density at radius 2 is 2.13 bits per heavy atom. The van der Waals surface area contributed by atoms with Gasteiger partial charge in [0.1, 0.15) is 4.83 Å². The fourth-order valence-corrected chi connectivity index (χ4v) is 2.32. The Bertz CT molecular complexity index is 329. The van der Waals surface area contributed by atoms with Crippen LogP contribution in [0.3, 0.4) is 0 Å². The Morgan fingerprint density at radius 3 is 2.67 bits per heavy atom. The number of alkyl halides is 1. The van der Waals surface area contributed by atoms with Crippen LogP contribution in [0, 0.1) is 0 Å². The molecule has 0 aliphatic rings. The number of carbonyl (C=O) groups is 1. The molecule has 0 fully saturated rings. The summed E-state index contributed by atoms with van der Waals surface area (Å²) in [6, 6.07) is 7.53. The number of rotatable bonds is 4. The second kappa shape index (κ2) is 6.02.